The Morgan fingerprint density at radius 2 is 1.97 bits per heavy atom. The van der Waals surface area contributed by atoms with Crippen LogP contribution >= 0.6 is 0 Å². The van der Waals surface area contributed by atoms with E-state index in [1.807, 2.05) is 6.07 Å². The predicted molar refractivity (Wildman–Crippen MR) is 110 cm³/mol. The summed E-state index contributed by atoms with van der Waals surface area (Å²) >= 11 is 0. The molecule has 7 nitrogen and oxygen atoms in total. The maximum Gasteiger partial charge on any atom is 0.269 e. The molecule has 1 saturated heterocycles. The van der Waals surface area contributed by atoms with E-state index in [-0.39, 0.29) is 23.1 Å². The monoisotopic (exact) mass is 417 g/mol. The molecule has 0 radical (unpaired) electrons. The van der Waals surface area contributed by atoms with Crippen molar-refractivity contribution in [2.24, 2.45) is 7.05 Å². The lowest BCUT2D eigenvalue weighted by molar-refractivity contribution is 0.114. The number of rotatable bonds is 5. The second-order valence-electron chi connectivity index (χ2n) is 7.91. The molecular formula is C21H27N3O4S. The minimum atomic E-state index is -3.67. The molecule has 0 amide bonds. The number of nitrogens with one attached hydrogen (secondary N) is 1. The SMILES string of the molecule is Cc1ccc(-c2nn(C)c(=O)c3c2CCCC3)cc1S(=O)(=O)NC[C@@H]1CCCO1. The van der Waals surface area contributed by atoms with Crippen LogP contribution in [0.2, 0.25) is 0 Å². The van der Waals surface area contributed by atoms with E-state index in [2.05, 4.69) is 9.82 Å². The lowest BCUT2D eigenvalue weighted by Crippen LogP contribution is -2.32. The summed E-state index contributed by atoms with van der Waals surface area (Å²) in [5, 5.41) is 4.49. The van der Waals surface area contributed by atoms with E-state index in [1.165, 1.54) is 4.68 Å². The zero-order valence-corrected chi connectivity index (χ0v) is 17.7. The van der Waals surface area contributed by atoms with E-state index in [4.69, 9.17) is 4.74 Å². The first-order valence-corrected chi connectivity index (χ1v) is 11.7. The number of hydrogen-bond acceptors (Lipinski definition) is 5. The summed E-state index contributed by atoms with van der Waals surface area (Å²) in [6, 6.07) is 5.36. The number of aryl methyl sites for hydroxylation is 2. The first kappa shape index (κ1) is 20.3. The van der Waals surface area contributed by atoms with Crippen molar-refractivity contribution in [2.75, 3.05) is 13.2 Å². The normalized spacial score (nSPS) is 19.3. The van der Waals surface area contributed by atoms with Crippen molar-refractivity contribution in [3.8, 4) is 11.3 Å². The van der Waals surface area contributed by atoms with Gasteiger partial charge in [-0.3, -0.25) is 4.79 Å². The number of aromatic nitrogens is 2. The van der Waals surface area contributed by atoms with E-state index in [0.29, 0.717) is 17.9 Å². The molecular weight excluding hydrogens is 390 g/mol. The summed E-state index contributed by atoms with van der Waals surface area (Å²) in [6.07, 6.45) is 5.31. The van der Waals surface area contributed by atoms with E-state index in [0.717, 1.165) is 55.2 Å². The number of nitrogens with zero attached hydrogens (tertiary/aromatic N) is 2. The second-order valence-corrected chi connectivity index (χ2v) is 9.64. The van der Waals surface area contributed by atoms with Crippen LogP contribution in [-0.2, 0) is 34.6 Å². The first-order valence-electron chi connectivity index (χ1n) is 10.2. The van der Waals surface area contributed by atoms with Gasteiger partial charge in [0.05, 0.1) is 16.7 Å². The quantitative estimate of drug-likeness (QED) is 0.805. The molecule has 1 fully saturated rings. The van der Waals surface area contributed by atoms with E-state index in [1.54, 1.807) is 26.1 Å². The van der Waals surface area contributed by atoms with Gasteiger partial charge in [-0.15, -0.1) is 0 Å². The first-order chi connectivity index (χ1) is 13.9. The second kappa shape index (κ2) is 8.01. The van der Waals surface area contributed by atoms with Crippen LogP contribution in [0.1, 0.15) is 42.4 Å². The Bertz CT molecular complexity index is 1090. The lowest BCUT2D eigenvalue weighted by atomic mass is 9.89. The average Bonchev–Trinajstić information content (AvgIpc) is 3.23. The number of hydrogen-bond donors (Lipinski definition) is 1. The number of benzene rings is 1. The van der Waals surface area contributed by atoms with E-state index < -0.39 is 10.0 Å². The maximum atomic E-state index is 13.0. The van der Waals surface area contributed by atoms with Crippen molar-refractivity contribution in [3.05, 3.63) is 45.2 Å². The van der Waals surface area contributed by atoms with Crippen LogP contribution in [0, 0.1) is 6.92 Å². The fraction of sp³-hybridized carbons (Fsp3) is 0.524. The molecule has 1 aromatic heterocycles. The summed E-state index contributed by atoms with van der Waals surface area (Å²) in [5.74, 6) is 0. The molecule has 0 bridgehead atoms. The van der Waals surface area contributed by atoms with Crippen LogP contribution in [-0.4, -0.2) is 37.5 Å². The molecule has 1 N–H and O–H groups in total. The fourth-order valence-corrected chi connectivity index (χ4v) is 5.54. The highest BCUT2D eigenvalue weighted by Crippen LogP contribution is 2.30. The van der Waals surface area contributed by atoms with Gasteiger partial charge in [0, 0.05) is 31.3 Å². The molecule has 1 aliphatic heterocycles. The highest BCUT2D eigenvalue weighted by atomic mass is 32.2. The third-order valence-electron chi connectivity index (χ3n) is 5.83. The molecule has 1 aliphatic carbocycles. The zero-order valence-electron chi connectivity index (χ0n) is 16.9. The van der Waals surface area contributed by atoms with Gasteiger partial charge in [-0.1, -0.05) is 12.1 Å². The predicted octanol–water partition coefficient (Wildman–Crippen LogP) is 2.09. The van der Waals surface area contributed by atoms with Crippen molar-refractivity contribution in [1.82, 2.24) is 14.5 Å². The Morgan fingerprint density at radius 3 is 2.69 bits per heavy atom. The zero-order chi connectivity index (χ0) is 20.6. The minimum Gasteiger partial charge on any atom is -0.377 e. The Labute approximate surface area is 171 Å². The third kappa shape index (κ3) is 4.01. The van der Waals surface area contributed by atoms with Crippen molar-refractivity contribution < 1.29 is 13.2 Å². The average molecular weight is 418 g/mol. The Morgan fingerprint density at radius 1 is 1.21 bits per heavy atom. The van der Waals surface area contributed by atoms with Gasteiger partial charge < -0.3 is 4.74 Å². The fourth-order valence-electron chi connectivity index (χ4n) is 4.21. The van der Waals surface area contributed by atoms with Crippen molar-refractivity contribution in [1.29, 1.82) is 0 Å². The summed E-state index contributed by atoms with van der Waals surface area (Å²) in [4.78, 5) is 12.7. The van der Waals surface area contributed by atoms with Crippen LogP contribution in [0.25, 0.3) is 11.3 Å². The highest BCUT2D eigenvalue weighted by Gasteiger charge is 2.24. The molecule has 0 spiro atoms. The van der Waals surface area contributed by atoms with E-state index >= 15 is 0 Å². The molecule has 1 aromatic carbocycles. The van der Waals surface area contributed by atoms with Gasteiger partial charge in [0.2, 0.25) is 10.0 Å². The summed E-state index contributed by atoms with van der Waals surface area (Å²) < 4.78 is 35.5. The molecule has 2 aromatic rings. The van der Waals surface area contributed by atoms with Crippen molar-refractivity contribution in [2.45, 2.75) is 56.4 Å². The van der Waals surface area contributed by atoms with Crippen LogP contribution in [0.5, 0.6) is 0 Å². The Kier molecular flexibility index (Phi) is 5.59. The van der Waals surface area contributed by atoms with Crippen LogP contribution in [0.4, 0.5) is 0 Å². The molecule has 4 rings (SSSR count). The maximum absolute atomic E-state index is 13.0. The molecule has 2 heterocycles. The standard InChI is InChI=1S/C21H27N3O4S/c1-14-9-10-15(12-19(14)29(26,27)22-13-16-6-5-11-28-16)20-17-7-3-4-8-18(17)21(25)24(2)23-20/h9-10,12,16,22H,3-8,11,13H2,1-2H3/t16-/m0/s1. The van der Waals surface area contributed by atoms with Gasteiger partial charge in [-0.05, 0) is 62.6 Å². The summed E-state index contributed by atoms with van der Waals surface area (Å²) in [6.45, 7) is 2.75. The van der Waals surface area contributed by atoms with Crippen molar-refractivity contribution in [3.63, 3.8) is 0 Å². The summed E-state index contributed by atoms with van der Waals surface area (Å²) in [5.41, 5.74) is 3.82. The van der Waals surface area contributed by atoms with Gasteiger partial charge in [0.1, 0.15) is 0 Å². The largest absolute Gasteiger partial charge is 0.377 e. The molecule has 29 heavy (non-hydrogen) atoms. The lowest BCUT2D eigenvalue weighted by Gasteiger charge is -2.20. The molecule has 0 saturated carbocycles. The van der Waals surface area contributed by atoms with Gasteiger partial charge in [0.15, 0.2) is 0 Å². The van der Waals surface area contributed by atoms with Crippen LogP contribution in [0.3, 0.4) is 0 Å². The smallest absolute Gasteiger partial charge is 0.269 e. The molecule has 0 unspecified atom stereocenters. The van der Waals surface area contributed by atoms with Gasteiger partial charge in [-0.2, -0.15) is 5.10 Å². The minimum absolute atomic E-state index is 0.0540. The third-order valence-corrected chi connectivity index (χ3v) is 7.40. The van der Waals surface area contributed by atoms with Gasteiger partial charge in [0.25, 0.3) is 5.56 Å². The molecule has 8 heteroatoms. The Hall–Kier alpha value is -2.03. The van der Waals surface area contributed by atoms with Crippen molar-refractivity contribution >= 4 is 10.0 Å². The van der Waals surface area contributed by atoms with Crippen LogP contribution < -0.4 is 10.3 Å². The Balaban J connectivity index is 1.72. The van der Waals surface area contributed by atoms with Gasteiger partial charge >= 0.3 is 0 Å². The van der Waals surface area contributed by atoms with Crippen LogP contribution in [0.15, 0.2) is 27.9 Å². The molecule has 156 valence electrons. The number of fused-ring (bicyclic) bond motifs is 1. The van der Waals surface area contributed by atoms with Gasteiger partial charge in [-0.25, -0.2) is 17.8 Å². The highest BCUT2D eigenvalue weighted by molar-refractivity contribution is 7.89. The molecule has 1 atom stereocenters. The number of sulfonamides is 1. The van der Waals surface area contributed by atoms with E-state index in [9.17, 15) is 13.2 Å². The topological polar surface area (TPSA) is 90.3 Å². The molecule has 2 aliphatic rings. The summed E-state index contributed by atoms with van der Waals surface area (Å²) in [7, 11) is -2.03. The number of ether oxygens (including phenoxy) is 1.